The van der Waals surface area contributed by atoms with Gasteiger partial charge in [-0.15, -0.1) is 0 Å². The molecule has 1 aliphatic rings. The van der Waals surface area contributed by atoms with Gasteiger partial charge in [0.2, 0.25) is 0 Å². The van der Waals surface area contributed by atoms with Crippen LogP contribution in [-0.2, 0) is 22.6 Å². The predicted molar refractivity (Wildman–Crippen MR) is 129 cm³/mol. The molecule has 33 heavy (non-hydrogen) atoms. The second kappa shape index (κ2) is 9.75. The Bertz CT molecular complexity index is 1240. The van der Waals surface area contributed by atoms with E-state index in [1.165, 1.54) is 23.1 Å². The number of halogens is 1. The number of carbonyl (C=O) groups excluding carboxylic acids is 2. The van der Waals surface area contributed by atoms with Crippen molar-refractivity contribution in [3.63, 3.8) is 0 Å². The van der Waals surface area contributed by atoms with Crippen molar-refractivity contribution >= 4 is 40.9 Å². The molecular weight excluding hydrogens is 439 g/mol. The summed E-state index contributed by atoms with van der Waals surface area (Å²) in [6, 6.07) is 20.6. The number of hydrogen-bond donors (Lipinski definition) is 1. The zero-order valence-electron chi connectivity index (χ0n) is 17.9. The van der Waals surface area contributed by atoms with Crippen LogP contribution in [0.5, 0.6) is 5.75 Å². The summed E-state index contributed by atoms with van der Waals surface area (Å²) in [6.07, 6.45) is 2.39. The molecule has 1 fully saturated rings. The van der Waals surface area contributed by atoms with Gasteiger partial charge in [-0.05, 0) is 77.8 Å². The highest BCUT2D eigenvalue weighted by atomic mass is 32.1. The van der Waals surface area contributed by atoms with Crippen molar-refractivity contribution in [3.8, 4) is 5.75 Å². The van der Waals surface area contributed by atoms with Gasteiger partial charge in [0.25, 0.3) is 11.8 Å². The largest absolute Gasteiger partial charge is 0.489 e. The minimum Gasteiger partial charge on any atom is -0.489 e. The van der Waals surface area contributed by atoms with Crippen LogP contribution in [0.1, 0.15) is 23.6 Å². The fraction of sp³-hybridized carbons (Fsp3) is 0.115. The van der Waals surface area contributed by atoms with Gasteiger partial charge in [0, 0.05) is 0 Å². The summed E-state index contributed by atoms with van der Waals surface area (Å²) in [6.45, 7) is 2.27. The van der Waals surface area contributed by atoms with Crippen LogP contribution in [0.2, 0.25) is 0 Å². The predicted octanol–water partition coefficient (Wildman–Crippen LogP) is 4.80. The first-order chi connectivity index (χ1) is 15.9. The van der Waals surface area contributed by atoms with E-state index < -0.39 is 11.8 Å². The lowest BCUT2D eigenvalue weighted by Crippen LogP contribution is -2.54. The van der Waals surface area contributed by atoms with Crippen LogP contribution in [0.4, 0.5) is 10.1 Å². The van der Waals surface area contributed by atoms with Crippen molar-refractivity contribution < 1.29 is 18.7 Å². The van der Waals surface area contributed by atoms with E-state index in [-0.39, 0.29) is 23.1 Å². The molecule has 4 rings (SSSR count). The van der Waals surface area contributed by atoms with Crippen LogP contribution in [0.3, 0.4) is 0 Å². The van der Waals surface area contributed by atoms with E-state index in [1.54, 1.807) is 36.4 Å². The zero-order valence-corrected chi connectivity index (χ0v) is 18.7. The minimum atomic E-state index is -0.544. The number of ether oxygens (including phenoxy) is 1. The smallest absolute Gasteiger partial charge is 0.270 e. The van der Waals surface area contributed by atoms with Gasteiger partial charge in [0.15, 0.2) is 5.11 Å². The Hall–Kier alpha value is -3.84. The number of carbonyl (C=O) groups is 2. The molecule has 0 unspecified atom stereocenters. The normalized spacial score (nSPS) is 15.0. The Morgan fingerprint density at radius 3 is 2.39 bits per heavy atom. The number of aryl methyl sites for hydroxylation is 1. The van der Waals surface area contributed by atoms with Gasteiger partial charge in [-0.3, -0.25) is 19.8 Å². The Balaban J connectivity index is 1.51. The Morgan fingerprint density at radius 1 is 1.00 bits per heavy atom. The summed E-state index contributed by atoms with van der Waals surface area (Å²) in [5.41, 5.74) is 3.08. The molecular formula is C26H21FN2O3S. The maximum Gasteiger partial charge on any atom is 0.270 e. The lowest BCUT2D eigenvalue weighted by molar-refractivity contribution is -0.122. The first-order valence-electron chi connectivity index (χ1n) is 10.4. The Morgan fingerprint density at radius 2 is 1.73 bits per heavy atom. The molecule has 0 spiro atoms. The maximum absolute atomic E-state index is 13.3. The second-order valence-electron chi connectivity index (χ2n) is 7.47. The van der Waals surface area contributed by atoms with Gasteiger partial charge in [-0.1, -0.05) is 43.3 Å². The third kappa shape index (κ3) is 5.15. The number of thiocarbonyl (C=S) groups is 1. The van der Waals surface area contributed by atoms with E-state index in [0.29, 0.717) is 22.6 Å². The van der Waals surface area contributed by atoms with E-state index >= 15 is 0 Å². The first kappa shape index (κ1) is 22.4. The Kier molecular flexibility index (Phi) is 6.60. The molecule has 0 aliphatic carbocycles. The maximum atomic E-state index is 13.3. The molecule has 1 saturated heterocycles. The standard InChI is InChI=1S/C26H21FN2O3S/c1-2-17-6-10-21(11-7-17)29-25(31)23(24(30)28-26(29)33)15-18-8-12-22(13-9-18)32-16-19-4-3-5-20(27)14-19/h3-15H,2,16H2,1H3,(H,28,30,33). The highest BCUT2D eigenvalue weighted by Gasteiger charge is 2.34. The second-order valence-corrected chi connectivity index (χ2v) is 7.85. The third-order valence-electron chi connectivity index (χ3n) is 5.19. The molecule has 1 aliphatic heterocycles. The molecule has 0 saturated carbocycles. The van der Waals surface area contributed by atoms with Gasteiger partial charge >= 0.3 is 0 Å². The van der Waals surface area contributed by atoms with Crippen molar-refractivity contribution in [2.75, 3.05) is 4.90 Å². The quantitative estimate of drug-likeness (QED) is 0.326. The number of hydrogen-bond acceptors (Lipinski definition) is 4. The molecule has 0 radical (unpaired) electrons. The lowest BCUT2D eigenvalue weighted by Gasteiger charge is -2.29. The highest BCUT2D eigenvalue weighted by molar-refractivity contribution is 7.80. The minimum absolute atomic E-state index is 0.0170. The van der Waals surface area contributed by atoms with E-state index in [2.05, 4.69) is 5.32 Å². The molecule has 0 bridgehead atoms. The summed E-state index contributed by atoms with van der Waals surface area (Å²) in [4.78, 5) is 26.9. The van der Waals surface area contributed by atoms with Crippen LogP contribution in [0, 0.1) is 5.82 Å². The van der Waals surface area contributed by atoms with Gasteiger partial charge in [-0.25, -0.2) is 4.39 Å². The SMILES string of the molecule is CCc1ccc(N2C(=O)C(=Cc3ccc(OCc4cccc(F)c4)cc3)C(=O)NC2=S)cc1. The number of nitrogens with one attached hydrogen (secondary N) is 1. The first-order valence-corrected chi connectivity index (χ1v) is 10.8. The molecule has 0 atom stereocenters. The molecule has 7 heteroatoms. The molecule has 1 heterocycles. The fourth-order valence-electron chi connectivity index (χ4n) is 3.39. The molecule has 1 N–H and O–H groups in total. The molecule has 0 aromatic heterocycles. The third-order valence-corrected chi connectivity index (χ3v) is 5.47. The number of rotatable bonds is 6. The van der Waals surface area contributed by atoms with Crippen LogP contribution < -0.4 is 15.0 Å². The summed E-state index contributed by atoms with van der Waals surface area (Å²) in [5.74, 6) is -0.764. The monoisotopic (exact) mass is 460 g/mol. The van der Waals surface area contributed by atoms with Crippen molar-refractivity contribution in [1.29, 1.82) is 0 Å². The zero-order chi connectivity index (χ0) is 23.4. The van der Waals surface area contributed by atoms with Crippen LogP contribution in [-0.4, -0.2) is 16.9 Å². The van der Waals surface area contributed by atoms with Crippen LogP contribution in [0.15, 0.2) is 78.4 Å². The molecule has 166 valence electrons. The lowest BCUT2D eigenvalue weighted by atomic mass is 10.1. The summed E-state index contributed by atoms with van der Waals surface area (Å²) in [5, 5.41) is 2.63. The molecule has 3 aromatic rings. The average molecular weight is 461 g/mol. The van der Waals surface area contributed by atoms with Crippen molar-refractivity contribution in [2.24, 2.45) is 0 Å². The summed E-state index contributed by atoms with van der Waals surface area (Å²) >= 11 is 5.24. The number of amides is 2. The van der Waals surface area contributed by atoms with Crippen molar-refractivity contribution in [2.45, 2.75) is 20.0 Å². The van der Waals surface area contributed by atoms with Crippen molar-refractivity contribution in [1.82, 2.24) is 5.32 Å². The van der Waals surface area contributed by atoms with E-state index in [9.17, 15) is 14.0 Å². The van der Waals surface area contributed by atoms with Gasteiger partial charge in [0.1, 0.15) is 23.7 Å². The number of nitrogens with zero attached hydrogens (tertiary/aromatic N) is 1. The Labute approximate surface area is 196 Å². The summed E-state index contributed by atoms with van der Waals surface area (Å²) in [7, 11) is 0. The van der Waals surface area contributed by atoms with Crippen molar-refractivity contribution in [3.05, 3.63) is 101 Å². The fourth-order valence-corrected chi connectivity index (χ4v) is 3.67. The van der Waals surface area contributed by atoms with E-state index in [0.717, 1.165) is 12.0 Å². The van der Waals surface area contributed by atoms with Gasteiger partial charge in [0.05, 0.1) is 5.69 Å². The highest BCUT2D eigenvalue weighted by Crippen LogP contribution is 2.23. The van der Waals surface area contributed by atoms with E-state index in [1.807, 2.05) is 31.2 Å². The number of anilines is 1. The topological polar surface area (TPSA) is 58.6 Å². The van der Waals surface area contributed by atoms with E-state index in [4.69, 9.17) is 17.0 Å². The van der Waals surface area contributed by atoms with Crippen LogP contribution >= 0.6 is 12.2 Å². The molecule has 3 aromatic carbocycles. The van der Waals surface area contributed by atoms with Crippen LogP contribution in [0.25, 0.3) is 6.08 Å². The molecule has 2 amide bonds. The summed E-state index contributed by atoms with van der Waals surface area (Å²) < 4.78 is 19.0. The van der Waals surface area contributed by atoms with Gasteiger partial charge in [-0.2, -0.15) is 0 Å². The molecule has 5 nitrogen and oxygen atoms in total. The van der Waals surface area contributed by atoms with Gasteiger partial charge < -0.3 is 4.74 Å². The number of benzene rings is 3. The average Bonchev–Trinajstić information content (AvgIpc) is 2.81.